The second-order valence-electron chi connectivity index (χ2n) is 4.34. The van der Waals surface area contributed by atoms with E-state index in [1.807, 2.05) is 0 Å². The molecule has 0 aliphatic rings. The average Bonchev–Trinajstić information content (AvgIpc) is 2.80. The molecule has 1 aromatic carbocycles. The molecule has 0 saturated carbocycles. The Morgan fingerprint density at radius 2 is 2.20 bits per heavy atom. The van der Waals surface area contributed by atoms with Gasteiger partial charge < -0.3 is 15.3 Å². The molecule has 20 heavy (non-hydrogen) atoms. The Morgan fingerprint density at radius 3 is 2.85 bits per heavy atom. The van der Waals surface area contributed by atoms with Crippen molar-refractivity contribution in [1.29, 1.82) is 0 Å². The maximum atomic E-state index is 11.3. The zero-order valence-electron chi connectivity index (χ0n) is 11.2. The molecule has 0 fully saturated rings. The Labute approximate surface area is 115 Å². The van der Waals surface area contributed by atoms with Crippen LogP contribution in [0.15, 0.2) is 18.2 Å². The molecule has 0 radical (unpaired) electrons. The van der Waals surface area contributed by atoms with E-state index in [0.717, 1.165) is 11.2 Å². The molecule has 2 aromatic rings. The molecule has 0 bridgehead atoms. The fourth-order valence-corrected chi connectivity index (χ4v) is 1.82. The molecule has 0 aliphatic carbocycles. The van der Waals surface area contributed by atoms with E-state index in [-0.39, 0.29) is 19.0 Å². The lowest BCUT2D eigenvalue weighted by Gasteiger charge is -2.16. The van der Waals surface area contributed by atoms with Crippen molar-refractivity contribution in [3.63, 3.8) is 0 Å². The number of nitrogens with zero attached hydrogens (tertiary/aromatic N) is 4. The number of amides is 1. The Kier molecular flexibility index (Phi) is 3.83. The highest BCUT2D eigenvalue weighted by Gasteiger charge is 2.11. The Bertz CT molecular complexity index is 652. The molecule has 0 aliphatic heterocycles. The van der Waals surface area contributed by atoms with Gasteiger partial charge in [0, 0.05) is 19.8 Å². The topological polar surface area (TPSA) is 100 Å². The van der Waals surface area contributed by atoms with E-state index >= 15 is 0 Å². The van der Waals surface area contributed by atoms with E-state index in [4.69, 9.17) is 5.11 Å². The summed E-state index contributed by atoms with van der Waals surface area (Å²) in [6, 6.07) is 5.28. The van der Waals surface area contributed by atoms with Crippen LogP contribution in [0.3, 0.4) is 0 Å². The maximum absolute atomic E-state index is 11.3. The number of carbonyl (C=O) groups excluding carboxylic acids is 1. The molecule has 8 nitrogen and oxygen atoms in total. The number of fused-ring (bicyclic) bond motifs is 1. The predicted molar refractivity (Wildman–Crippen MR) is 72.5 cm³/mol. The highest BCUT2D eigenvalue weighted by molar-refractivity contribution is 5.83. The lowest BCUT2D eigenvalue weighted by molar-refractivity contribution is -0.135. The summed E-state index contributed by atoms with van der Waals surface area (Å²) in [6.07, 6.45) is 0. The third-order valence-electron chi connectivity index (χ3n) is 2.88. The lowest BCUT2D eigenvalue weighted by Crippen LogP contribution is -2.25. The number of carboxylic acids is 1. The van der Waals surface area contributed by atoms with Gasteiger partial charge in [-0.25, -0.2) is 4.68 Å². The minimum Gasteiger partial charge on any atom is -0.480 e. The number of aromatic nitrogens is 3. The van der Waals surface area contributed by atoms with E-state index in [1.165, 1.54) is 4.68 Å². The van der Waals surface area contributed by atoms with Gasteiger partial charge in [0.1, 0.15) is 18.6 Å². The quantitative estimate of drug-likeness (QED) is 0.778. The van der Waals surface area contributed by atoms with Crippen molar-refractivity contribution >= 4 is 28.6 Å². The van der Waals surface area contributed by atoms with Gasteiger partial charge in [0.25, 0.3) is 0 Å². The van der Waals surface area contributed by atoms with Crippen LogP contribution in [0.5, 0.6) is 0 Å². The number of anilines is 1. The fraction of sp³-hybridized carbons (Fsp3) is 0.333. The summed E-state index contributed by atoms with van der Waals surface area (Å²) in [7, 11) is 3.24. The third kappa shape index (κ3) is 2.85. The predicted octanol–water partition coefficient (Wildman–Crippen LogP) is -0.302. The first kappa shape index (κ1) is 13.8. The summed E-state index contributed by atoms with van der Waals surface area (Å²) < 4.78 is 1.50. The van der Waals surface area contributed by atoms with Crippen molar-refractivity contribution < 1.29 is 14.7 Å². The minimum atomic E-state index is -0.907. The van der Waals surface area contributed by atoms with Crippen LogP contribution in [0.1, 0.15) is 0 Å². The average molecular weight is 277 g/mol. The summed E-state index contributed by atoms with van der Waals surface area (Å²) >= 11 is 0. The molecule has 106 valence electrons. The van der Waals surface area contributed by atoms with Gasteiger partial charge in [-0.1, -0.05) is 5.21 Å². The normalized spacial score (nSPS) is 10.5. The van der Waals surface area contributed by atoms with Crippen molar-refractivity contribution in [3.05, 3.63) is 18.2 Å². The summed E-state index contributed by atoms with van der Waals surface area (Å²) in [5.74, 6) is -1.07. The fourth-order valence-electron chi connectivity index (χ4n) is 1.82. The van der Waals surface area contributed by atoms with Crippen LogP contribution in [-0.4, -0.2) is 52.6 Å². The van der Waals surface area contributed by atoms with Gasteiger partial charge in [0.2, 0.25) is 5.91 Å². The van der Waals surface area contributed by atoms with E-state index in [2.05, 4.69) is 15.6 Å². The number of rotatable bonds is 5. The molecule has 2 rings (SSSR count). The number of carboxylic acid groups (broad SMARTS) is 1. The zero-order chi connectivity index (χ0) is 14.7. The van der Waals surface area contributed by atoms with Gasteiger partial charge >= 0.3 is 5.97 Å². The standard InChI is InChI=1S/C12H15N5O3/c1-13-11(18)6-17-10-4-3-8(5-9(10)14-15-17)16(2)7-12(19)20/h3-5H,6-7H2,1-2H3,(H,13,18)(H,19,20). The van der Waals surface area contributed by atoms with E-state index in [0.29, 0.717) is 5.52 Å². The van der Waals surface area contributed by atoms with Gasteiger partial charge in [0.15, 0.2) is 0 Å². The minimum absolute atomic E-state index is 0.0946. The molecule has 2 N–H and O–H groups in total. The monoisotopic (exact) mass is 277 g/mol. The maximum Gasteiger partial charge on any atom is 0.323 e. The highest BCUT2D eigenvalue weighted by atomic mass is 16.4. The van der Waals surface area contributed by atoms with Crippen molar-refractivity contribution in [2.24, 2.45) is 0 Å². The van der Waals surface area contributed by atoms with Gasteiger partial charge in [-0.2, -0.15) is 0 Å². The molecular weight excluding hydrogens is 262 g/mol. The first-order valence-electron chi connectivity index (χ1n) is 5.98. The smallest absolute Gasteiger partial charge is 0.323 e. The van der Waals surface area contributed by atoms with Gasteiger partial charge in [0.05, 0.1) is 5.52 Å². The van der Waals surface area contributed by atoms with Crippen LogP contribution in [0.4, 0.5) is 5.69 Å². The van der Waals surface area contributed by atoms with Crippen molar-refractivity contribution in [1.82, 2.24) is 20.3 Å². The second-order valence-corrected chi connectivity index (χ2v) is 4.34. The molecule has 0 saturated heterocycles. The van der Waals surface area contributed by atoms with Gasteiger partial charge in [-0.15, -0.1) is 5.10 Å². The Hall–Kier alpha value is -2.64. The van der Waals surface area contributed by atoms with E-state index < -0.39 is 5.97 Å². The first-order valence-corrected chi connectivity index (χ1v) is 5.98. The SMILES string of the molecule is CNC(=O)Cn1nnc2cc(N(C)CC(=O)O)ccc21. The first-order chi connectivity index (χ1) is 9.51. The zero-order valence-corrected chi connectivity index (χ0v) is 11.2. The lowest BCUT2D eigenvalue weighted by atomic mass is 10.2. The number of nitrogens with one attached hydrogen (secondary N) is 1. The van der Waals surface area contributed by atoms with Crippen LogP contribution in [0, 0.1) is 0 Å². The number of hydrogen-bond donors (Lipinski definition) is 2. The van der Waals surface area contributed by atoms with Crippen molar-refractivity contribution in [3.8, 4) is 0 Å². The van der Waals surface area contributed by atoms with Gasteiger partial charge in [-0.3, -0.25) is 9.59 Å². The van der Waals surface area contributed by atoms with Crippen LogP contribution >= 0.6 is 0 Å². The molecule has 1 aromatic heterocycles. The number of carbonyl (C=O) groups is 2. The summed E-state index contributed by atoms with van der Waals surface area (Å²) in [5.41, 5.74) is 2.07. The van der Waals surface area contributed by atoms with Crippen LogP contribution < -0.4 is 10.2 Å². The number of likely N-dealkylation sites (N-methyl/N-ethyl adjacent to an activating group) is 2. The molecule has 0 atom stereocenters. The third-order valence-corrected chi connectivity index (χ3v) is 2.88. The Morgan fingerprint density at radius 1 is 1.45 bits per heavy atom. The number of aliphatic carboxylic acids is 1. The van der Waals surface area contributed by atoms with Crippen molar-refractivity contribution in [2.45, 2.75) is 6.54 Å². The highest BCUT2D eigenvalue weighted by Crippen LogP contribution is 2.19. The van der Waals surface area contributed by atoms with Crippen LogP contribution in [-0.2, 0) is 16.1 Å². The second kappa shape index (κ2) is 5.55. The van der Waals surface area contributed by atoms with E-state index in [9.17, 15) is 9.59 Å². The molecule has 1 amide bonds. The summed E-state index contributed by atoms with van der Waals surface area (Å²) in [5, 5.41) is 19.2. The largest absolute Gasteiger partial charge is 0.480 e. The Balaban J connectivity index is 2.28. The summed E-state index contributed by atoms with van der Waals surface area (Å²) in [4.78, 5) is 23.6. The van der Waals surface area contributed by atoms with Crippen LogP contribution in [0.2, 0.25) is 0 Å². The number of benzene rings is 1. The van der Waals surface area contributed by atoms with Gasteiger partial charge in [-0.05, 0) is 18.2 Å². The van der Waals surface area contributed by atoms with E-state index in [1.54, 1.807) is 37.2 Å². The van der Waals surface area contributed by atoms with Crippen molar-refractivity contribution in [2.75, 3.05) is 25.5 Å². The molecular formula is C12H15N5O3. The molecule has 0 spiro atoms. The van der Waals surface area contributed by atoms with Crippen LogP contribution in [0.25, 0.3) is 11.0 Å². The number of hydrogen-bond acceptors (Lipinski definition) is 5. The molecule has 0 unspecified atom stereocenters. The summed E-state index contributed by atoms with van der Waals surface area (Å²) in [6.45, 7) is -0.00477. The molecule has 1 heterocycles. The molecule has 8 heteroatoms.